The van der Waals surface area contributed by atoms with Gasteiger partial charge in [0.25, 0.3) is 0 Å². The van der Waals surface area contributed by atoms with Gasteiger partial charge in [0, 0.05) is 6.42 Å². The van der Waals surface area contributed by atoms with E-state index < -0.39 is 5.60 Å². The van der Waals surface area contributed by atoms with Crippen LogP contribution in [0.4, 0.5) is 0 Å². The molecule has 3 nitrogen and oxygen atoms in total. The van der Waals surface area contributed by atoms with Gasteiger partial charge >= 0.3 is 0 Å². The number of carbonyl (C=O) groups excluding carboxylic acids is 2. The van der Waals surface area contributed by atoms with Crippen LogP contribution in [-0.2, 0) is 9.59 Å². The Kier molecular flexibility index (Phi) is 3.69. The lowest BCUT2D eigenvalue weighted by molar-refractivity contribution is -0.135. The number of aliphatic hydroxyl groups is 1. The zero-order chi connectivity index (χ0) is 18.2. The van der Waals surface area contributed by atoms with Gasteiger partial charge in [-0.25, -0.2) is 0 Å². The van der Waals surface area contributed by atoms with Crippen molar-refractivity contribution in [2.45, 2.75) is 78.2 Å². The number of Topliss-reactive ketones (excluding diaryl/α,β-unsaturated/α-hetero) is 1. The molecule has 0 heterocycles. The molecule has 3 fully saturated rings. The molecule has 0 radical (unpaired) electrons. The zero-order valence-corrected chi connectivity index (χ0v) is 16.1. The second-order valence-electron chi connectivity index (χ2n) is 10.1. The monoisotopic (exact) mass is 344 g/mol. The maximum absolute atomic E-state index is 12.4. The number of rotatable bonds is 1. The summed E-state index contributed by atoms with van der Waals surface area (Å²) in [5, 5.41) is 11.1. The summed E-state index contributed by atoms with van der Waals surface area (Å²) in [6.07, 6.45) is 8.63. The highest BCUT2D eigenvalue weighted by atomic mass is 16.3. The predicted octanol–water partition coefficient (Wildman–Crippen LogP) is 4.08. The van der Waals surface area contributed by atoms with Crippen LogP contribution >= 0.6 is 0 Å². The van der Waals surface area contributed by atoms with Crippen LogP contribution in [0.25, 0.3) is 0 Å². The molecular formula is C22H32O3. The predicted molar refractivity (Wildman–Crippen MR) is 96.9 cm³/mol. The van der Waals surface area contributed by atoms with Crippen molar-refractivity contribution in [1.29, 1.82) is 0 Å². The second-order valence-corrected chi connectivity index (χ2v) is 10.1. The van der Waals surface area contributed by atoms with Crippen LogP contribution in [0.3, 0.4) is 0 Å². The Hall–Kier alpha value is -0.960. The third kappa shape index (κ3) is 2.27. The average molecular weight is 344 g/mol. The van der Waals surface area contributed by atoms with Crippen molar-refractivity contribution in [3.63, 3.8) is 0 Å². The average Bonchev–Trinajstić information content (AvgIpc) is 2.73. The van der Waals surface area contributed by atoms with Gasteiger partial charge in [-0.3, -0.25) is 9.59 Å². The third-order valence-corrected chi connectivity index (χ3v) is 8.72. The Morgan fingerprint density at radius 2 is 1.84 bits per heavy atom. The number of fused-ring (bicyclic) bond motifs is 5. The van der Waals surface area contributed by atoms with Gasteiger partial charge in [-0.15, -0.1) is 0 Å². The van der Waals surface area contributed by atoms with E-state index in [1.54, 1.807) is 6.92 Å². The van der Waals surface area contributed by atoms with Crippen LogP contribution in [0, 0.1) is 34.5 Å². The van der Waals surface area contributed by atoms with E-state index in [0.29, 0.717) is 30.0 Å². The molecule has 1 N–H and O–H groups in total. The molecule has 0 bridgehead atoms. The lowest BCUT2D eigenvalue weighted by atomic mass is 9.46. The van der Waals surface area contributed by atoms with Gasteiger partial charge in [0.1, 0.15) is 5.78 Å². The van der Waals surface area contributed by atoms with E-state index in [1.165, 1.54) is 5.57 Å². The molecule has 0 amide bonds. The lowest BCUT2D eigenvalue weighted by Gasteiger charge is -2.57. The van der Waals surface area contributed by atoms with Crippen LogP contribution in [0.2, 0.25) is 0 Å². The summed E-state index contributed by atoms with van der Waals surface area (Å²) in [4.78, 5) is 24.3. The highest BCUT2D eigenvalue weighted by Gasteiger charge is 2.65. The smallest absolute Gasteiger partial charge is 0.155 e. The van der Waals surface area contributed by atoms with Crippen molar-refractivity contribution in [3.05, 3.63) is 11.6 Å². The fourth-order valence-electron chi connectivity index (χ4n) is 7.83. The molecule has 4 rings (SSSR count). The molecule has 0 aromatic carbocycles. The minimum Gasteiger partial charge on any atom is -0.389 e. The summed E-state index contributed by atoms with van der Waals surface area (Å²) >= 11 is 0. The second kappa shape index (κ2) is 5.28. The Morgan fingerprint density at radius 1 is 1.12 bits per heavy atom. The van der Waals surface area contributed by atoms with Gasteiger partial charge in [-0.1, -0.05) is 19.4 Å². The highest BCUT2D eigenvalue weighted by Crippen LogP contribution is 2.68. The van der Waals surface area contributed by atoms with Crippen LogP contribution in [0.15, 0.2) is 11.6 Å². The SMILES string of the molecule is CC(=O)[C@H]1C(C)(O)C[C@H]2[C@@H]3CCC4=CC(=O)CC[C@]4(C)[C@H]3CC[C@@]21C. The minimum atomic E-state index is -0.875. The molecule has 3 heteroatoms. The molecular weight excluding hydrogens is 312 g/mol. The largest absolute Gasteiger partial charge is 0.389 e. The normalized spacial score (nSPS) is 52.0. The molecule has 138 valence electrons. The summed E-state index contributed by atoms with van der Waals surface area (Å²) in [5.74, 6) is 1.81. The Labute approximate surface area is 151 Å². The maximum atomic E-state index is 12.4. The lowest BCUT2D eigenvalue weighted by Crippen LogP contribution is -2.51. The zero-order valence-electron chi connectivity index (χ0n) is 16.1. The first kappa shape index (κ1) is 17.5. The summed E-state index contributed by atoms with van der Waals surface area (Å²) in [6, 6.07) is 0. The number of ketones is 2. The Balaban J connectivity index is 1.72. The van der Waals surface area contributed by atoms with Crippen LogP contribution < -0.4 is 0 Å². The highest BCUT2D eigenvalue weighted by molar-refractivity contribution is 5.91. The van der Waals surface area contributed by atoms with Gasteiger partial charge in [0.15, 0.2) is 5.78 Å². The number of hydrogen-bond donors (Lipinski definition) is 1. The van der Waals surface area contributed by atoms with E-state index in [-0.39, 0.29) is 22.5 Å². The number of carbonyl (C=O) groups is 2. The summed E-state index contributed by atoms with van der Waals surface area (Å²) in [6.45, 7) is 8.18. The van der Waals surface area contributed by atoms with Crippen molar-refractivity contribution >= 4 is 11.6 Å². The van der Waals surface area contributed by atoms with E-state index in [2.05, 4.69) is 13.8 Å². The summed E-state index contributed by atoms with van der Waals surface area (Å²) < 4.78 is 0. The first-order valence-corrected chi connectivity index (χ1v) is 10.1. The standard InChI is InChI=1S/C22H32O3/c1-13(23)19-21(3)10-8-17-16(18(21)12-22(19,4)25)6-5-14-11-15(24)7-9-20(14,17)2/h11,16-19,25H,5-10,12H2,1-4H3/t16-,17+,18+,19-,20+,21+,22?/m1/s1. The van der Waals surface area contributed by atoms with Crippen LogP contribution in [0.5, 0.6) is 0 Å². The van der Waals surface area contributed by atoms with Crippen LogP contribution in [-0.4, -0.2) is 22.3 Å². The van der Waals surface area contributed by atoms with Crippen molar-refractivity contribution in [1.82, 2.24) is 0 Å². The van der Waals surface area contributed by atoms with E-state index in [9.17, 15) is 14.7 Å². The van der Waals surface area contributed by atoms with Gasteiger partial charge in [-0.2, -0.15) is 0 Å². The molecule has 4 aliphatic carbocycles. The topological polar surface area (TPSA) is 54.4 Å². The fraction of sp³-hybridized carbons (Fsp3) is 0.818. The molecule has 3 saturated carbocycles. The van der Waals surface area contributed by atoms with E-state index in [1.807, 2.05) is 13.0 Å². The van der Waals surface area contributed by atoms with E-state index in [4.69, 9.17) is 0 Å². The summed E-state index contributed by atoms with van der Waals surface area (Å²) in [7, 11) is 0. The minimum absolute atomic E-state index is 0.0709. The van der Waals surface area contributed by atoms with E-state index >= 15 is 0 Å². The molecule has 0 aliphatic heterocycles. The molecule has 7 atom stereocenters. The Bertz CT molecular complexity index is 660. The van der Waals surface area contributed by atoms with Crippen molar-refractivity contribution in [2.24, 2.45) is 34.5 Å². The van der Waals surface area contributed by atoms with Crippen LogP contribution in [0.1, 0.15) is 72.6 Å². The molecule has 0 saturated heterocycles. The molecule has 25 heavy (non-hydrogen) atoms. The van der Waals surface area contributed by atoms with Gasteiger partial charge in [-0.05, 0) is 87.0 Å². The first-order chi connectivity index (χ1) is 11.6. The Morgan fingerprint density at radius 3 is 2.52 bits per heavy atom. The molecule has 1 unspecified atom stereocenters. The van der Waals surface area contributed by atoms with Crippen molar-refractivity contribution in [3.8, 4) is 0 Å². The van der Waals surface area contributed by atoms with Gasteiger partial charge in [0.2, 0.25) is 0 Å². The molecule has 4 aliphatic rings. The third-order valence-electron chi connectivity index (χ3n) is 8.72. The quantitative estimate of drug-likeness (QED) is 0.779. The van der Waals surface area contributed by atoms with E-state index in [0.717, 1.165) is 38.5 Å². The number of hydrogen-bond acceptors (Lipinski definition) is 3. The van der Waals surface area contributed by atoms with Gasteiger partial charge in [0.05, 0.1) is 11.5 Å². The van der Waals surface area contributed by atoms with Gasteiger partial charge < -0.3 is 5.11 Å². The molecule has 0 aromatic rings. The molecule has 0 spiro atoms. The molecule has 0 aromatic heterocycles. The fourth-order valence-corrected chi connectivity index (χ4v) is 7.83. The van der Waals surface area contributed by atoms with Crippen molar-refractivity contribution < 1.29 is 14.7 Å². The maximum Gasteiger partial charge on any atom is 0.155 e. The van der Waals surface area contributed by atoms with Crippen molar-refractivity contribution in [2.75, 3.05) is 0 Å². The number of allylic oxidation sites excluding steroid dienone is 1. The summed E-state index contributed by atoms with van der Waals surface area (Å²) in [5.41, 5.74) is 0.581. The first-order valence-electron chi connectivity index (χ1n) is 10.1.